The molecule has 0 aliphatic heterocycles. The third-order valence-electron chi connectivity index (χ3n) is 3.22. The van der Waals surface area contributed by atoms with E-state index in [1.807, 2.05) is 13.8 Å². The summed E-state index contributed by atoms with van der Waals surface area (Å²) in [6, 6.07) is 10.3. The highest BCUT2D eigenvalue weighted by Crippen LogP contribution is 2.28. The lowest BCUT2D eigenvalue weighted by Crippen LogP contribution is -2.32. The lowest BCUT2D eigenvalue weighted by molar-refractivity contribution is -0.136. The van der Waals surface area contributed by atoms with Crippen LogP contribution in [-0.4, -0.2) is 36.2 Å². The molecule has 1 heterocycles. The standard InChI is InChI=1S/C19H22N4O4/c1-3-11-27-15-9-8-14(12-16(15)26-4-2)13-21-23-19(25)18(24)22-17-7-5-6-10-20-17/h5-10,12-13H,3-4,11H2,1-2H3,(H,23,25)(H,20,22,24). The number of carbonyl (C=O) groups is 2. The van der Waals surface area contributed by atoms with E-state index in [-0.39, 0.29) is 5.82 Å². The van der Waals surface area contributed by atoms with E-state index in [1.54, 1.807) is 36.4 Å². The van der Waals surface area contributed by atoms with E-state index in [0.29, 0.717) is 30.3 Å². The summed E-state index contributed by atoms with van der Waals surface area (Å²) in [5.41, 5.74) is 2.86. The molecule has 0 aliphatic rings. The molecule has 8 nitrogen and oxygen atoms in total. The topological polar surface area (TPSA) is 102 Å². The lowest BCUT2D eigenvalue weighted by Gasteiger charge is -2.11. The molecule has 0 saturated heterocycles. The fourth-order valence-corrected chi connectivity index (χ4v) is 2.03. The average molecular weight is 370 g/mol. The highest BCUT2D eigenvalue weighted by molar-refractivity contribution is 6.39. The van der Waals surface area contributed by atoms with E-state index >= 15 is 0 Å². The minimum absolute atomic E-state index is 0.283. The Balaban J connectivity index is 1.95. The molecule has 2 N–H and O–H groups in total. The summed E-state index contributed by atoms with van der Waals surface area (Å²) >= 11 is 0. The van der Waals surface area contributed by atoms with Crippen molar-refractivity contribution in [2.45, 2.75) is 20.3 Å². The van der Waals surface area contributed by atoms with Crippen LogP contribution in [0.1, 0.15) is 25.8 Å². The van der Waals surface area contributed by atoms with Gasteiger partial charge in [0, 0.05) is 6.20 Å². The van der Waals surface area contributed by atoms with Crippen LogP contribution in [0.5, 0.6) is 11.5 Å². The Morgan fingerprint density at radius 1 is 1.11 bits per heavy atom. The van der Waals surface area contributed by atoms with Gasteiger partial charge in [-0.15, -0.1) is 0 Å². The average Bonchev–Trinajstić information content (AvgIpc) is 2.68. The number of carbonyl (C=O) groups excluding carboxylic acids is 2. The number of ether oxygens (including phenoxy) is 2. The Morgan fingerprint density at radius 2 is 1.96 bits per heavy atom. The first kappa shape index (κ1) is 19.9. The molecule has 1 aromatic heterocycles. The third kappa shape index (κ3) is 6.43. The van der Waals surface area contributed by atoms with Gasteiger partial charge in [-0.1, -0.05) is 13.0 Å². The molecule has 0 atom stereocenters. The zero-order valence-corrected chi connectivity index (χ0v) is 15.3. The Morgan fingerprint density at radius 3 is 2.67 bits per heavy atom. The SMILES string of the molecule is CCCOc1ccc(C=NNC(=O)C(=O)Nc2ccccn2)cc1OCC. The van der Waals surface area contributed by atoms with Crippen LogP contribution in [0, 0.1) is 0 Å². The van der Waals surface area contributed by atoms with Gasteiger partial charge in [-0.2, -0.15) is 5.10 Å². The van der Waals surface area contributed by atoms with Gasteiger partial charge in [0.05, 0.1) is 19.4 Å². The first-order chi connectivity index (χ1) is 13.1. The van der Waals surface area contributed by atoms with Crippen LogP contribution in [0.3, 0.4) is 0 Å². The number of hydrazone groups is 1. The number of hydrogen-bond acceptors (Lipinski definition) is 6. The predicted octanol–water partition coefficient (Wildman–Crippen LogP) is 2.36. The molecule has 2 amide bonds. The first-order valence-electron chi connectivity index (χ1n) is 8.59. The van der Waals surface area contributed by atoms with Crippen LogP contribution < -0.4 is 20.2 Å². The van der Waals surface area contributed by atoms with Crippen molar-refractivity contribution in [3.05, 3.63) is 48.2 Å². The number of benzene rings is 1. The summed E-state index contributed by atoms with van der Waals surface area (Å²) in [4.78, 5) is 27.4. The Kier molecular flexibility index (Phi) is 7.77. The quantitative estimate of drug-likeness (QED) is 0.422. The minimum Gasteiger partial charge on any atom is -0.490 e. The van der Waals surface area contributed by atoms with Crippen molar-refractivity contribution in [2.75, 3.05) is 18.5 Å². The van der Waals surface area contributed by atoms with Gasteiger partial charge in [0.25, 0.3) is 0 Å². The van der Waals surface area contributed by atoms with Gasteiger partial charge in [-0.25, -0.2) is 10.4 Å². The van der Waals surface area contributed by atoms with Gasteiger partial charge in [0.1, 0.15) is 5.82 Å². The fraction of sp³-hybridized carbons (Fsp3) is 0.263. The largest absolute Gasteiger partial charge is 0.490 e. The van der Waals surface area contributed by atoms with E-state index in [9.17, 15) is 9.59 Å². The summed E-state index contributed by atoms with van der Waals surface area (Å²) in [6.45, 7) is 4.99. The van der Waals surface area contributed by atoms with Crippen molar-refractivity contribution in [1.29, 1.82) is 0 Å². The maximum absolute atomic E-state index is 11.8. The molecular weight excluding hydrogens is 348 g/mol. The van der Waals surface area contributed by atoms with Crippen molar-refractivity contribution in [3.63, 3.8) is 0 Å². The van der Waals surface area contributed by atoms with Crippen LogP contribution in [0.4, 0.5) is 5.82 Å². The van der Waals surface area contributed by atoms with Crippen molar-refractivity contribution >= 4 is 23.8 Å². The summed E-state index contributed by atoms with van der Waals surface area (Å²) in [6.07, 6.45) is 3.81. The Labute approximate surface area is 157 Å². The molecule has 0 radical (unpaired) electrons. The van der Waals surface area contributed by atoms with Crippen molar-refractivity contribution in [1.82, 2.24) is 10.4 Å². The predicted molar refractivity (Wildman–Crippen MR) is 102 cm³/mol. The summed E-state index contributed by atoms with van der Waals surface area (Å²) in [5.74, 6) is -0.233. The molecule has 2 aromatic rings. The van der Waals surface area contributed by atoms with Gasteiger partial charge in [0.15, 0.2) is 11.5 Å². The van der Waals surface area contributed by atoms with Crippen LogP contribution in [-0.2, 0) is 9.59 Å². The number of nitrogens with zero attached hydrogens (tertiary/aromatic N) is 2. The van der Waals surface area contributed by atoms with Crippen molar-refractivity contribution in [2.24, 2.45) is 5.10 Å². The maximum Gasteiger partial charge on any atom is 0.329 e. The first-order valence-corrected chi connectivity index (χ1v) is 8.59. The van der Waals surface area contributed by atoms with E-state index < -0.39 is 11.8 Å². The molecule has 0 spiro atoms. The van der Waals surface area contributed by atoms with Gasteiger partial charge >= 0.3 is 11.8 Å². The number of nitrogens with one attached hydrogen (secondary N) is 2. The van der Waals surface area contributed by atoms with Crippen LogP contribution >= 0.6 is 0 Å². The van der Waals surface area contributed by atoms with E-state index in [2.05, 4.69) is 20.8 Å². The number of hydrogen-bond donors (Lipinski definition) is 2. The molecule has 0 saturated carbocycles. The second-order valence-corrected chi connectivity index (χ2v) is 5.36. The monoisotopic (exact) mass is 370 g/mol. The highest BCUT2D eigenvalue weighted by Gasteiger charge is 2.13. The van der Waals surface area contributed by atoms with Crippen LogP contribution in [0.15, 0.2) is 47.7 Å². The number of pyridine rings is 1. The molecule has 1 aromatic carbocycles. The van der Waals surface area contributed by atoms with E-state index in [0.717, 1.165) is 6.42 Å². The lowest BCUT2D eigenvalue weighted by atomic mass is 10.2. The maximum atomic E-state index is 11.8. The molecule has 27 heavy (non-hydrogen) atoms. The Hall–Kier alpha value is -3.42. The molecule has 0 unspecified atom stereocenters. The zero-order chi connectivity index (χ0) is 19.5. The highest BCUT2D eigenvalue weighted by atomic mass is 16.5. The van der Waals surface area contributed by atoms with Crippen molar-refractivity contribution in [3.8, 4) is 11.5 Å². The number of anilines is 1. The second kappa shape index (κ2) is 10.5. The Bertz CT molecular complexity index is 794. The number of rotatable bonds is 8. The van der Waals surface area contributed by atoms with Crippen LogP contribution in [0.2, 0.25) is 0 Å². The van der Waals surface area contributed by atoms with Gasteiger partial charge in [0.2, 0.25) is 0 Å². The van der Waals surface area contributed by atoms with Crippen LogP contribution in [0.25, 0.3) is 0 Å². The van der Waals surface area contributed by atoms with Gasteiger partial charge in [-0.05, 0) is 49.2 Å². The third-order valence-corrected chi connectivity index (χ3v) is 3.22. The minimum atomic E-state index is -0.898. The van der Waals surface area contributed by atoms with Gasteiger partial charge < -0.3 is 14.8 Å². The molecule has 0 aliphatic carbocycles. The molecular formula is C19H22N4O4. The number of amides is 2. The molecule has 8 heteroatoms. The normalized spacial score (nSPS) is 10.4. The molecule has 0 bridgehead atoms. The van der Waals surface area contributed by atoms with Crippen molar-refractivity contribution < 1.29 is 19.1 Å². The molecule has 0 fully saturated rings. The van der Waals surface area contributed by atoms with E-state index in [1.165, 1.54) is 12.4 Å². The molecule has 142 valence electrons. The van der Waals surface area contributed by atoms with E-state index in [4.69, 9.17) is 9.47 Å². The van der Waals surface area contributed by atoms with Gasteiger partial charge in [-0.3, -0.25) is 9.59 Å². The smallest absolute Gasteiger partial charge is 0.329 e. The molecule has 2 rings (SSSR count). The summed E-state index contributed by atoms with van der Waals surface area (Å²) in [7, 11) is 0. The zero-order valence-electron chi connectivity index (χ0n) is 15.3. The fourth-order valence-electron chi connectivity index (χ4n) is 2.03. The number of aromatic nitrogens is 1. The second-order valence-electron chi connectivity index (χ2n) is 5.36. The summed E-state index contributed by atoms with van der Waals surface area (Å²) < 4.78 is 11.2. The summed E-state index contributed by atoms with van der Waals surface area (Å²) in [5, 5.41) is 6.17.